The normalized spacial score (nSPS) is 14.8. The van der Waals surface area contributed by atoms with Crippen LogP contribution in [0.1, 0.15) is 29.0 Å². The molecule has 6 heteroatoms. The largest absolute Gasteiger partial charge is 0.329 e. The van der Waals surface area contributed by atoms with Crippen molar-refractivity contribution in [3.05, 3.63) is 58.3 Å². The van der Waals surface area contributed by atoms with Gasteiger partial charge in [-0.25, -0.2) is 4.98 Å². The zero-order valence-corrected chi connectivity index (χ0v) is 16.3. The van der Waals surface area contributed by atoms with E-state index in [1.807, 2.05) is 36.4 Å². The first-order chi connectivity index (χ1) is 12.6. The Morgan fingerprint density at radius 2 is 2.04 bits per heavy atom. The van der Waals surface area contributed by atoms with Gasteiger partial charge in [0.25, 0.3) is 5.91 Å². The average Bonchev–Trinajstić information content (AvgIpc) is 3.24. The lowest BCUT2D eigenvalue weighted by atomic mass is 10.2. The lowest BCUT2D eigenvalue weighted by Gasteiger charge is -2.11. The predicted octanol–water partition coefficient (Wildman–Crippen LogP) is 2.77. The molecule has 2 heterocycles. The maximum atomic E-state index is 12.4. The summed E-state index contributed by atoms with van der Waals surface area (Å²) >= 11 is 3.40. The highest BCUT2D eigenvalue weighted by Gasteiger charge is 2.19. The van der Waals surface area contributed by atoms with Gasteiger partial charge in [-0.05, 0) is 36.4 Å². The molecule has 1 aliphatic rings. The fourth-order valence-corrected chi connectivity index (χ4v) is 3.99. The number of carbonyl (C=O) groups excluding carboxylic acids is 1. The standard InChI is InChI=1S/C20H21BrN4O/c1-24-18-8-7-16(22-20(26)14-5-4-6-15(21)11-14)12-17(18)23-19(24)13-25-9-2-3-10-25/h4-8,11-12H,2-3,9-10,13H2,1H3,(H,22,26)/p+1. The summed E-state index contributed by atoms with van der Waals surface area (Å²) < 4.78 is 3.06. The molecule has 1 fully saturated rings. The van der Waals surface area contributed by atoms with Crippen molar-refractivity contribution in [2.24, 2.45) is 7.05 Å². The molecule has 0 bridgehead atoms. The number of hydrogen-bond donors (Lipinski definition) is 2. The molecule has 1 amide bonds. The first-order valence-electron chi connectivity index (χ1n) is 8.96. The lowest BCUT2D eigenvalue weighted by Crippen LogP contribution is -3.08. The van der Waals surface area contributed by atoms with E-state index in [4.69, 9.17) is 4.98 Å². The number of nitrogens with zero attached hydrogens (tertiary/aromatic N) is 2. The van der Waals surface area contributed by atoms with Crippen LogP contribution in [-0.4, -0.2) is 28.5 Å². The van der Waals surface area contributed by atoms with Gasteiger partial charge in [0.15, 0.2) is 5.82 Å². The first-order valence-corrected chi connectivity index (χ1v) is 9.75. The Morgan fingerprint density at radius 3 is 2.81 bits per heavy atom. The minimum atomic E-state index is -0.122. The number of carbonyl (C=O) groups is 1. The summed E-state index contributed by atoms with van der Waals surface area (Å²) in [7, 11) is 2.07. The number of rotatable bonds is 4. The van der Waals surface area contributed by atoms with Crippen molar-refractivity contribution in [1.82, 2.24) is 9.55 Å². The Balaban J connectivity index is 1.56. The summed E-state index contributed by atoms with van der Waals surface area (Å²) in [5, 5.41) is 2.97. The summed E-state index contributed by atoms with van der Waals surface area (Å²) in [4.78, 5) is 18.9. The molecule has 4 rings (SSSR count). The van der Waals surface area contributed by atoms with Gasteiger partial charge in [0.2, 0.25) is 0 Å². The molecular formula is C20H22BrN4O+. The molecule has 3 aromatic rings. The number of quaternary nitrogens is 1. The Morgan fingerprint density at radius 1 is 1.23 bits per heavy atom. The van der Waals surface area contributed by atoms with Crippen LogP contribution in [0.4, 0.5) is 5.69 Å². The number of fused-ring (bicyclic) bond motifs is 1. The summed E-state index contributed by atoms with van der Waals surface area (Å²) in [6, 6.07) is 13.3. The number of aromatic nitrogens is 2. The molecule has 0 atom stereocenters. The van der Waals surface area contributed by atoms with Gasteiger partial charge in [-0.15, -0.1) is 0 Å². The van der Waals surface area contributed by atoms with Crippen LogP contribution in [0.5, 0.6) is 0 Å². The van der Waals surface area contributed by atoms with Crippen molar-refractivity contribution in [3.63, 3.8) is 0 Å². The molecule has 0 unspecified atom stereocenters. The van der Waals surface area contributed by atoms with Crippen LogP contribution in [0.15, 0.2) is 46.9 Å². The third-order valence-electron chi connectivity index (χ3n) is 5.04. The van der Waals surface area contributed by atoms with Gasteiger partial charge < -0.3 is 14.8 Å². The van der Waals surface area contributed by atoms with Gasteiger partial charge in [-0.2, -0.15) is 0 Å². The fourth-order valence-electron chi connectivity index (χ4n) is 3.59. The summed E-state index contributed by atoms with van der Waals surface area (Å²) in [6.07, 6.45) is 2.62. The SMILES string of the molecule is Cn1c(C[NH+]2CCCC2)nc2cc(NC(=O)c3cccc(Br)c3)ccc21. The molecule has 1 aromatic heterocycles. The van der Waals surface area contributed by atoms with E-state index >= 15 is 0 Å². The van der Waals surface area contributed by atoms with Gasteiger partial charge in [-0.1, -0.05) is 22.0 Å². The van der Waals surface area contributed by atoms with Gasteiger partial charge in [-0.3, -0.25) is 4.79 Å². The Bertz CT molecular complexity index is 960. The van der Waals surface area contributed by atoms with E-state index in [0.29, 0.717) is 5.56 Å². The number of benzene rings is 2. The number of likely N-dealkylation sites (tertiary alicyclic amines) is 1. The van der Waals surface area contributed by atoms with E-state index in [-0.39, 0.29) is 5.91 Å². The Hall–Kier alpha value is -2.18. The van der Waals surface area contributed by atoms with E-state index < -0.39 is 0 Å². The van der Waals surface area contributed by atoms with Crippen LogP contribution in [-0.2, 0) is 13.6 Å². The predicted molar refractivity (Wildman–Crippen MR) is 106 cm³/mol. The quantitative estimate of drug-likeness (QED) is 0.690. The third-order valence-corrected chi connectivity index (χ3v) is 5.53. The summed E-state index contributed by atoms with van der Waals surface area (Å²) in [5.74, 6) is 0.982. The summed E-state index contributed by atoms with van der Waals surface area (Å²) in [5.41, 5.74) is 3.41. The molecule has 134 valence electrons. The molecule has 2 aromatic carbocycles. The third kappa shape index (κ3) is 3.52. The number of anilines is 1. The van der Waals surface area contributed by atoms with E-state index in [0.717, 1.165) is 33.6 Å². The fraction of sp³-hybridized carbons (Fsp3) is 0.300. The molecule has 0 spiro atoms. The molecule has 0 aliphatic carbocycles. The minimum absolute atomic E-state index is 0.122. The Kier molecular flexibility index (Phi) is 4.78. The summed E-state index contributed by atoms with van der Waals surface area (Å²) in [6.45, 7) is 3.43. The van der Waals surface area contributed by atoms with E-state index in [9.17, 15) is 4.79 Å². The lowest BCUT2D eigenvalue weighted by molar-refractivity contribution is -0.902. The molecule has 5 nitrogen and oxygen atoms in total. The van der Waals surface area contributed by atoms with Crippen LogP contribution in [0.2, 0.25) is 0 Å². The number of halogens is 1. The van der Waals surface area contributed by atoms with Crippen molar-refractivity contribution < 1.29 is 9.69 Å². The topological polar surface area (TPSA) is 51.4 Å². The van der Waals surface area contributed by atoms with Crippen molar-refractivity contribution in [2.45, 2.75) is 19.4 Å². The molecule has 0 saturated carbocycles. The van der Waals surface area contributed by atoms with Crippen molar-refractivity contribution in [1.29, 1.82) is 0 Å². The van der Waals surface area contributed by atoms with Crippen LogP contribution in [0, 0.1) is 0 Å². The molecule has 1 aliphatic heterocycles. The van der Waals surface area contributed by atoms with E-state index in [1.165, 1.54) is 25.9 Å². The highest BCUT2D eigenvalue weighted by molar-refractivity contribution is 9.10. The monoisotopic (exact) mass is 413 g/mol. The first kappa shape index (κ1) is 17.2. The molecule has 26 heavy (non-hydrogen) atoms. The molecule has 1 saturated heterocycles. The van der Waals surface area contributed by atoms with E-state index in [2.05, 4.69) is 32.9 Å². The average molecular weight is 414 g/mol. The molecular weight excluding hydrogens is 392 g/mol. The highest BCUT2D eigenvalue weighted by atomic mass is 79.9. The van der Waals surface area contributed by atoms with Gasteiger partial charge in [0.1, 0.15) is 6.54 Å². The van der Waals surface area contributed by atoms with Crippen LogP contribution in [0.25, 0.3) is 11.0 Å². The Labute approximate surface area is 161 Å². The van der Waals surface area contributed by atoms with E-state index in [1.54, 1.807) is 11.0 Å². The van der Waals surface area contributed by atoms with Gasteiger partial charge in [0.05, 0.1) is 24.1 Å². The van der Waals surface area contributed by atoms with Gasteiger partial charge >= 0.3 is 0 Å². The van der Waals surface area contributed by atoms with Crippen LogP contribution < -0.4 is 10.2 Å². The smallest absolute Gasteiger partial charge is 0.255 e. The van der Waals surface area contributed by atoms with Crippen LogP contribution in [0.3, 0.4) is 0 Å². The number of hydrogen-bond acceptors (Lipinski definition) is 2. The number of aryl methyl sites for hydroxylation is 1. The van der Waals surface area contributed by atoms with Gasteiger partial charge in [0, 0.05) is 35.6 Å². The number of imidazole rings is 1. The highest BCUT2D eigenvalue weighted by Crippen LogP contribution is 2.21. The second-order valence-electron chi connectivity index (χ2n) is 6.89. The van der Waals surface area contributed by atoms with Crippen molar-refractivity contribution in [3.8, 4) is 0 Å². The number of nitrogens with one attached hydrogen (secondary N) is 2. The maximum absolute atomic E-state index is 12.4. The maximum Gasteiger partial charge on any atom is 0.255 e. The molecule has 2 N–H and O–H groups in total. The van der Waals surface area contributed by atoms with Crippen LogP contribution >= 0.6 is 15.9 Å². The minimum Gasteiger partial charge on any atom is -0.329 e. The zero-order valence-electron chi connectivity index (χ0n) is 14.8. The second-order valence-corrected chi connectivity index (χ2v) is 7.80. The van der Waals surface area contributed by atoms with Crippen molar-refractivity contribution in [2.75, 3.05) is 18.4 Å². The van der Waals surface area contributed by atoms with Crippen molar-refractivity contribution >= 4 is 38.6 Å². The number of amides is 1. The second kappa shape index (κ2) is 7.21. The zero-order chi connectivity index (χ0) is 18.1. The molecule has 0 radical (unpaired) electrons.